The molecule has 12 nitrogen and oxygen atoms in total. The minimum absolute atomic E-state index is 0.0611. The highest BCUT2D eigenvalue weighted by molar-refractivity contribution is 6.16. The van der Waals surface area contributed by atoms with E-state index < -0.39 is 35.0 Å². The number of benzene rings is 3. The first-order valence-electron chi connectivity index (χ1n) is 14.9. The molecule has 244 valence electrons. The average molecular weight is 648 g/mol. The van der Waals surface area contributed by atoms with Crippen LogP contribution in [0, 0.1) is 23.0 Å². The van der Waals surface area contributed by atoms with Crippen molar-refractivity contribution in [3.63, 3.8) is 0 Å². The second-order valence-corrected chi connectivity index (χ2v) is 11.5. The summed E-state index contributed by atoms with van der Waals surface area (Å²) in [7, 11) is 1.48. The van der Waals surface area contributed by atoms with E-state index in [1.165, 1.54) is 54.7 Å². The molecule has 4 aromatic rings. The molecule has 0 unspecified atom stereocenters. The zero-order valence-electron chi connectivity index (χ0n) is 25.3. The fourth-order valence-corrected chi connectivity index (χ4v) is 5.38. The van der Waals surface area contributed by atoms with Gasteiger partial charge in [0, 0.05) is 36.6 Å². The topological polar surface area (TPSA) is 152 Å². The lowest BCUT2D eigenvalue weighted by atomic mass is 9.98. The number of nitrogens with one attached hydrogen (secondary N) is 2. The first-order valence-corrected chi connectivity index (χ1v) is 14.9. The van der Waals surface area contributed by atoms with E-state index in [2.05, 4.69) is 20.6 Å². The van der Waals surface area contributed by atoms with Crippen molar-refractivity contribution in [2.75, 3.05) is 37.4 Å². The first kappa shape index (κ1) is 31.5. The van der Waals surface area contributed by atoms with E-state index in [4.69, 9.17) is 19.3 Å². The van der Waals surface area contributed by atoms with E-state index in [1.54, 1.807) is 12.1 Å². The van der Waals surface area contributed by atoms with Crippen LogP contribution in [0.25, 0.3) is 10.9 Å². The van der Waals surface area contributed by atoms with Gasteiger partial charge in [0.05, 0.1) is 24.6 Å². The Morgan fingerprint density at radius 3 is 2.23 bits per heavy atom. The van der Waals surface area contributed by atoms with Crippen molar-refractivity contribution in [3.8, 4) is 23.1 Å². The number of hydrogen-bond acceptors (Lipinski definition) is 8. The lowest BCUT2D eigenvalue weighted by molar-refractivity contribution is -0.131. The van der Waals surface area contributed by atoms with Crippen LogP contribution >= 0.6 is 0 Å². The summed E-state index contributed by atoms with van der Waals surface area (Å²) in [4.78, 5) is 46.9. The normalized spacial score (nSPS) is 15.5. The van der Waals surface area contributed by atoms with Crippen LogP contribution in [-0.4, -0.2) is 64.7 Å². The van der Waals surface area contributed by atoms with Gasteiger partial charge in [0.1, 0.15) is 17.6 Å². The number of piperidine rings is 1. The maximum Gasteiger partial charge on any atom is 0.407 e. The summed E-state index contributed by atoms with van der Waals surface area (Å²) < 4.78 is 45.8. The van der Waals surface area contributed by atoms with Gasteiger partial charge in [-0.25, -0.2) is 23.5 Å². The number of rotatable bonds is 10. The number of hydrogen-bond donors (Lipinski definition) is 3. The molecule has 3 N–H and O–H groups in total. The van der Waals surface area contributed by atoms with E-state index >= 15 is 4.39 Å². The van der Waals surface area contributed by atoms with Crippen molar-refractivity contribution < 1.29 is 42.5 Å². The summed E-state index contributed by atoms with van der Waals surface area (Å²) in [5.74, 6) is -1.43. The van der Waals surface area contributed by atoms with Gasteiger partial charge < -0.3 is 34.9 Å². The zero-order chi connectivity index (χ0) is 33.1. The Bertz CT molecular complexity index is 1830. The SMILES string of the molecule is COc1cc2c(Oc3ccc(NC(=O)C4(C(=O)Nc5ccc(F)cc5)CC4)cc3F)ncnc2cc1OCC1CCN(C(=O)O)CC1. The molecule has 2 fully saturated rings. The summed E-state index contributed by atoms with van der Waals surface area (Å²) in [5.41, 5.74) is -0.355. The Morgan fingerprint density at radius 1 is 0.915 bits per heavy atom. The van der Waals surface area contributed by atoms with Crippen molar-refractivity contribution in [1.29, 1.82) is 0 Å². The van der Waals surface area contributed by atoms with Crippen molar-refractivity contribution in [3.05, 3.63) is 72.6 Å². The van der Waals surface area contributed by atoms with Gasteiger partial charge in [-0.2, -0.15) is 0 Å². The number of halogens is 2. The molecular formula is C33H31F2N5O7. The summed E-state index contributed by atoms with van der Waals surface area (Å²) >= 11 is 0. The van der Waals surface area contributed by atoms with Crippen molar-refractivity contribution in [1.82, 2.24) is 14.9 Å². The second-order valence-electron chi connectivity index (χ2n) is 11.5. The van der Waals surface area contributed by atoms with E-state index in [1.807, 2.05) is 0 Å². The van der Waals surface area contributed by atoms with Gasteiger partial charge >= 0.3 is 6.09 Å². The Labute approximate surface area is 267 Å². The maximum atomic E-state index is 15.2. The minimum atomic E-state index is -1.31. The molecule has 0 bridgehead atoms. The molecule has 0 spiro atoms. The van der Waals surface area contributed by atoms with Gasteiger partial charge in [-0.05, 0) is 74.1 Å². The van der Waals surface area contributed by atoms with E-state index in [9.17, 15) is 18.8 Å². The van der Waals surface area contributed by atoms with Crippen LogP contribution in [0.15, 0.2) is 60.9 Å². The molecule has 0 atom stereocenters. The lowest BCUT2D eigenvalue weighted by Gasteiger charge is -2.29. The Morgan fingerprint density at radius 2 is 1.60 bits per heavy atom. The number of carboxylic acid groups (broad SMARTS) is 1. The number of carbonyl (C=O) groups is 3. The molecule has 3 amide bonds. The highest BCUT2D eigenvalue weighted by Gasteiger charge is 2.56. The maximum absolute atomic E-state index is 15.2. The summed E-state index contributed by atoms with van der Waals surface area (Å²) in [6.07, 6.45) is 2.36. The summed E-state index contributed by atoms with van der Waals surface area (Å²) in [6, 6.07) is 12.4. The van der Waals surface area contributed by atoms with Gasteiger partial charge in [-0.3, -0.25) is 9.59 Å². The van der Waals surface area contributed by atoms with Crippen LogP contribution in [0.1, 0.15) is 25.7 Å². The fraction of sp³-hybridized carbons (Fsp3) is 0.303. The van der Waals surface area contributed by atoms with Crippen LogP contribution in [0.4, 0.5) is 25.0 Å². The summed E-state index contributed by atoms with van der Waals surface area (Å²) in [5, 5.41) is 14.8. The minimum Gasteiger partial charge on any atom is -0.493 e. The Kier molecular flexibility index (Phi) is 8.74. The van der Waals surface area contributed by atoms with Crippen LogP contribution in [0.5, 0.6) is 23.1 Å². The predicted octanol–water partition coefficient (Wildman–Crippen LogP) is 5.84. The third kappa shape index (κ3) is 6.86. The highest BCUT2D eigenvalue weighted by Crippen LogP contribution is 2.47. The molecule has 2 heterocycles. The van der Waals surface area contributed by atoms with E-state index in [0.29, 0.717) is 73.5 Å². The van der Waals surface area contributed by atoms with Crippen molar-refractivity contribution in [2.24, 2.45) is 11.3 Å². The molecular weight excluding hydrogens is 616 g/mol. The molecule has 1 aromatic heterocycles. The molecule has 0 radical (unpaired) electrons. The van der Waals surface area contributed by atoms with Crippen LogP contribution < -0.4 is 24.8 Å². The zero-order valence-corrected chi connectivity index (χ0v) is 25.3. The number of amides is 3. The summed E-state index contributed by atoms with van der Waals surface area (Å²) in [6.45, 7) is 1.28. The lowest BCUT2D eigenvalue weighted by Crippen LogP contribution is -2.38. The second kappa shape index (κ2) is 13.1. The number of likely N-dealkylation sites (tertiary alicyclic amines) is 1. The first-order chi connectivity index (χ1) is 22.6. The number of carbonyl (C=O) groups excluding carboxylic acids is 2. The molecule has 1 saturated carbocycles. The molecule has 3 aromatic carbocycles. The molecule has 2 aliphatic rings. The van der Waals surface area contributed by atoms with E-state index in [-0.39, 0.29) is 23.2 Å². The smallest absolute Gasteiger partial charge is 0.407 e. The van der Waals surface area contributed by atoms with E-state index in [0.717, 1.165) is 6.07 Å². The Balaban J connectivity index is 1.12. The number of aromatic nitrogens is 2. The van der Waals surface area contributed by atoms with Gasteiger partial charge in [0.2, 0.25) is 17.7 Å². The fourth-order valence-electron chi connectivity index (χ4n) is 5.38. The molecule has 14 heteroatoms. The largest absolute Gasteiger partial charge is 0.493 e. The average Bonchev–Trinajstić information content (AvgIpc) is 3.88. The number of ether oxygens (including phenoxy) is 3. The molecule has 1 aliphatic carbocycles. The van der Waals surface area contributed by atoms with Gasteiger partial charge in [-0.1, -0.05) is 0 Å². The Hall–Kier alpha value is -5.53. The quantitative estimate of drug-likeness (QED) is 0.180. The monoisotopic (exact) mass is 647 g/mol. The number of anilines is 2. The molecule has 1 aliphatic heterocycles. The number of nitrogens with zero attached hydrogens (tertiary/aromatic N) is 3. The van der Waals surface area contributed by atoms with Gasteiger partial charge in [0.25, 0.3) is 0 Å². The van der Waals surface area contributed by atoms with Crippen LogP contribution in [0.2, 0.25) is 0 Å². The van der Waals surface area contributed by atoms with Gasteiger partial charge in [-0.15, -0.1) is 0 Å². The molecule has 6 rings (SSSR count). The molecule has 1 saturated heterocycles. The number of fused-ring (bicyclic) bond motifs is 1. The standard InChI is InChI=1S/C33H31F2N5O7/c1-45-27-15-23-25(16-28(27)46-17-19-8-12-40(13-9-19)32(43)44)36-18-37-29(23)47-26-7-6-22(14-24(26)35)39-31(42)33(10-11-33)30(41)38-21-4-2-20(34)3-5-21/h2-7,14-16,18-19H,8-13,17H2,1H3,(H,38,41)(H,39,42)(H,43,44). The van der Waals surface area contributed by atoms with Crippen molar-refractivity contribution in [2.45, 2.75) is 25.7 Å². The van der Waals surface area contributed by atoms with Gasteiger partial charge in [0.15, 0.2) is 23.1 Å². The van der Waals surface area contributed by atoms with Crippen LogP contribution in [-0.2, 0) is 9.59 Å². The van der Waals surface area contributed by atoms with Crippen molar-refractivity contribution >= 4 is 40.2 Å². The van der Waals surface area contributed by atoms with Crippen LogP contribution in [0.3, 0.4) is 0 Å². The predicted molar refractivity (Wildman–Crippen MR) is 166 cm³/mol. The third-order valence-corrected chi connectivity index (χ3v) is 8.36. The number of methoxy groups -OCH3 is 1. The highest BCUT2D eigenvalue weighted by atomic mass is 19.1. The molecule has 47 heavy (non-hydrogen) atoms. The third-order valence-electron chi connectivity index (χ3n) is 8.36.